The van der Waals surface area contributed by atoms with Gasteiger partial charge in [0.1, 0.15) is 9.86 Å². The predicted octanol–water partition coefficient (Wildman–Crippen LogP) is 5.29. The van der Waals surface area contributed by atoms with Gasteiger partial charge in [0.05, 0.1) is 5.02 Å². The van der Waals surface area contributed by atoms with Crippen LogP contribution in [0.25, 0.3) is 10.2 Å². The Morgan fingerprint density at radius 3 is 2.81 bits per heavy atom. The zero-order valence-corrected chi connectivity index (χ0v) is 14.2. The molecule has 0 unspecified atom stereocenters. The number of aromatic nitrogens is 2. The number of nitrogens with two attached hydrogens (primary N) is 1. The first kappa shape index (κ1) is 14.9. The van der Waals surface area contributed by atoms with E-state index in [1.807, 2.05) is 6.07 Å². The smallest absolute Gasteiger partial charge is 0.222 e. The van der Waals surface area contributed by atoms with Gasteiger partial charge in [0.15, 0.2) is 0 Å². The second-order valence-electron chi connectivity index (χ2n) is 4.35. The van der Waals surface area contributed by atoms with Crippen molar-refractivity contribution in [1.82, 2.24) is 9.97 Å². The topological polar surface area (TPSA) is 51.8 Å². The summed E-state index contributed by atoms with van der Waals surface area (Å²) < 4.78 is 0. The van der Waals surface area contributed by atoms with Crippen LogP contribution in [0.5, 0.6) is 0 Å². The Hall–Kier alpha value is -1.01. The Bertz CT molecular complexity index is 817. The van der Waals surface area contributed by atoms with E-state index in [0.29, 0.717) is 10.0 Å². The molecular weight excluding hydrogens is 345 g/mol. The van der Waals surface area contributed by atoms with E-state index in [0.717, 1.165) is 26.6 Å². The average Bonchev–Trinajstić information content (AvgIpc) is 2.86. The number of fused-ring (bicyclic) bond motifs is 1. The third kappa shape index (κ3) is 3.11. The highest BCUT2D eigenvalue weighted by atomic mass is 35.5. The molecule has 2 aromatic heterocycles. The number of hydrogen-bond donors (Lipinski definition) is 1. The first-order valence-electron chi connectivity index (χ1n) is 6.25. The summed E-state index contributed by atoms with van der Waals surface area (Å²) in [6.45, 7) is 2.11. The monoisotopic (exact) mass is 355 g/mol. The van der Waals surface area contributed by atoms with Gasteiger partial charge in [-0.25, -0.2) is 9.97 Å². The van der Waals surface area contributed by atoms with E-state index >= 15 is 0 Å². The predicted molar refractivity (Wildman–Crippen MR) is 91.8 cm³/mol. The first-order chi connectivity index (χ1) is 10.1. The fraction of sp³-hybridized carbons (Fsp3) is 0.143. The van der Waals surface area contributed by atoms with Crippen LogP contribution in [0, 0.1) is 0 Å². The van der Waals surface area contributed by atoms with E-state index < -0.39 is 0 Å². The van der Waals surface area contributed by atoms with E-state index in [2.05, 4.69) is 23.0 Å². The van der Waals surface area contributed by atoms with Crippen LogP contribution in [-0.4, -0.2) is 9.97 Å². The molecule has 3 rings (SSSR count). The van der Waals surface area contributed by atoms with Crippen LogP contribution >= 0.6 is 46.3 Å². The lowest BCUT2D eigenvalue weighted by Gasteiger charge is -2.05. The van der Waals surface area contributed by atoms with Crippen LogP contribution in [0.3, 0.4) is 0 Å². The summed E-state index contributed by atoms with van der Waals surface area (Å²) in [6, 6.07) is 7.47. The Balaban J connectivity index is 2.11. The van der Waals surface area contributed by atoms with Crippen molar-refractivity contribution < 1.29 is 0 Å². The van der Waals surface area contributed by atoms with E-state index in [-0.39, 0.29) is 5.95 Å². The quantitative estimate of drug-likeness (QED) is 0.648. The molecule has 0 aliphatic carbocycles. The second-order valence-corrected chi connectivity index (χ2v) is 7.34. The molecule has 0 spiro atoms. The average molecular weight is 356 g/mol. The molecule has 2 heterocycles. The van der Waals surface area contributed by atoms with Gasteiger partial charge in [-0.1, -0.05) is 41.9 Å². The number of nitrogens with zero attached hydrogens (tertiary/aromatic N) is 2. The Labute approximate surface area is 140 Å². The van der Waals surface area contributed by atoms with Crippen molar-refractivity contribution >= 4 is 62.5 Å². The summed E-state index contributed by atoms with van der Waals surface area (Å²) in [5.74, 6) is 0.271. The first-order valence-corrected chi connectivity index (χ1v) is 8.64. The molecule has 0 fully saturated rings. The number of benzene rings is 1. The molecule has 3 nitrogen and oxygen atoms in total. The highest BCUT2D eigenvalue weighted by Gasteiger charge is 2.13. The number of halogens is 2. The van der Waals surface area contributed by atoms with Crippen molar-refractivity contribution in [3.05, 3.63) is 39.2 Å². The van der Waals surface area contributed by atoms with Crippen LogP contribution in [-0.2, 0) is 6.42 Å². The Morgan fingerprint density at radius 1 is 1.24 bits per heavy atom. The SMILES string of the molecule is CCc1cc2c(Sc3cc(Cl)ccc3Cl)nc(N)nc2s1. The van der Waals surface area contributed by atoms with Gasteiger partial charge in [0.2, 0.25) is 5.95 Å². The lowest BCUT2D eigenvalue weighted by atomic mass is 10.3. The van der Waals surface area contributed by atoms with Crippen molar-refractivity contribution in [3.63, 3.8) is 0 Å². The highest BCUT2D eigenvalue weighted by molar-refractivity contribution is 7.99. The molecule has 7 heteroatoms. The van der Waals surface area contributed by atoms with Crippen molar-refractivity contribution in [2.24, 2.45) is 0 Å². The number of aryl methyl sites for hydroxylation is 1. The molecule has 108 valence electrons. The van der Waals surface area contributed by atoms with E-state index in [9.17, 15) is 0 Å². The maximum atomic E-state index is 6.22. The van der Waals surface area contributed by atoms with Crippen LogP contribution in [0.15, 0.2) is 34.2 Å². The number of hydrogen-bond acceptors (Lipinski definition) is 5. The molecule has 0 atom stereocenters. The third-order valence-electron chi connectivity index (χ3n) is 2.87. The minimum absolute atomic E-state index is 0.271. The van der Waals surface area contributed by atoms with Crippen LogP contribution in [0.2, 0.25) is 10.0 Å². The minimum Gasteiger partial charge on any atom is -0.368 e. The largest absolute Gasteiger partial charge is 0.368 e. The van der Waals surface area contributed by atoms with Crippen molar-refractivity contribution in [2.45, 2.75) is 23.3 Å². The standard InChI is InChI=1S/C14H11Cl2N3S2/c1-2-8-6-9-12(20-8)18-14(17)19-13(9)21-11-5-7(15)3-4-10(11)16/h3-6H,2H2,1H3,(H2,17,18,19). The van der Waals surface area contributed by atoms with Crippen molar-refractivity contribution in [1.29, 1.82) is 0 Å². The van der Waals surface area contributed by atoms with Gasteiger partial charge in [-0.2, -0.15) is 0 Å². The van der Waals surface area contributed by atoms with Gasteiger partial charge in [-0.15, -0.1) is 11.3 Å². The number of nitrogen functional groups attached to an aromatic ring is 1. The zero-order chi connectivity index (χ0) is 15.0. The number of anilines is 1. The maximum Gasteiger partial charge on any atom is 0.222 e. The molecule has 0 radical (unpaired) electrons. The molecule has 0 saturated heterocycles. The second kappa shape index (κ2) is 6.01. The third-order valence-corrected chi connectivity index (χ3v) is 5.79. The minimum atomic E-state index is 0.271. The van der Waals surface area contributed by atoms with Gasteiger partial charge < -0.3 is 5.73 Å². The fourth-order valence-electron chi connectivity index (χ4n) is 1.87. The number of thiophene rings is 1. The van der Waals surface area contributed by atoms with Gasteiger partial charge in [-0.3, -0.25) is 0 Å². The molecule has 2 N–H and O–H groups in total. The normalized spacial score (nSPS) is 11.2. The Kier molecular flexibility index (Phi) is 4.26. The van der Waals surface area contributed by atoms with E-state index in [4.69, 9.17) is 28.9 Å². The summed E-state index contributed by atoms with van der Waals surface area (Å²) in [5.41, 5.74) is 5.81. The van der Waals surface area contributed by atoms with Crippen molar-refractivity contribution in [3.8, 4) is 0 Å². The number of rotatable bonds is 3. The molecule has 0 aliphatic heterocycles. The Morgan fingerprint density at radius 2 is 2.05 bits per heavy atom. The van der Waals surface area contributed by atoms with Gasteiger partial charge in [0, 0.05) is 20.2 Å². The van der Waals surface area contributed by atoms with Gasteiger partial charge in [0.25, 0.3) is 0 Å². The van der Waals surface area contributed by atoms with Gasteiger partial charge in [-0.05, 0) is 30.7 Å². The molecule has 0 saturated carbocycles. The van der Waals surface area contributed by atoms with E-state index in [1.54, 1.807) is 23.5 Å². The zero-order valence-electron chi connectivity index (χ0n) is 11.1. The molecule has 3 aromatic rings. The molecular formula is C14H11Cl2N3S2. The summed E-state index contributed by atoms with van der Waals surface area (Å²) in [4.78, 5) is 11.7. The molecule has 0 amide bonds. The van der Waals surface area contributed by atoms with Crippen molar-refractivity contribution in [2.75, 3.05) is 5.73 Å². The lowest BCUT2D eigenvalue weighted by Crippen LogP contribution is -1.95. The van der Waals surface area contributed by atoms with Gasteiger partial charge >= 0.3 is 0 Å². The lowest BCUT2D eigenvalue weighted by molar-refractivity contribution is 1.12. The molecule has 21 heavy (non-hydrogen) atoms. The van der Waals surface area contributed by atoms with Crippen LogP contribution in [0.4, 0.5) is 5.95 Å². The molecule has 0 bridgehead atoms. The highest BCUT2D eigenvalue weighted by Crippen LogP contribution is 2.39. The molecule has 0 aliphatic rings. The summed E-state index contributed by atoms with van der Waals surface area (Å²) >= 11 is 15.3. The molecule has 1 aromatic carbocycles. The van der Waals surface area contributed by atoms with Crippen LogP contribution < -0.4 is 5.73 Å². The van der Waals surface area contributed by atoms with E-state index in [1.165, 1.54) is 16.6 Å². The summed E-state index contributed by atoms with van der Waals surface area (Å²) in [6.07, 6.45) is 0.961. The summed E-state index contributed by atoms with van der Waals surface area (Å²) in [5, 5.41) is 3.09. The maximum absolute atomic E-state index is 6.22. The fourth-order valence-corrected chi connectivity index (χ4v) is 4.35. The van der Waals surface area contributed by atoms with Crippen LogP contribution in [0.1, 0.15) is 11.8 Å². The summed E-state index contributed by atoms with van der Waals surface area (Å²) in [7, 11) is 0.